The predicted molar refractivity (Wildman–Crippen MR) is 101 cm³/mol. The molecule has 0 unspecified atom stereocenters. The van der Waals surface area contributed by atoms with Crippen LogP contribution >= 0.6 is 15.9 Å². The zero-order valence-corrected chi connectivity index (χ0v) is 15.8. The monoisotopic (exact) mass is 415 g/mol. The van der Waals surface area contributed by atoms with Gasteiger partial charge in [-0.15, -0.1) is 0 Å². The molecule has 1 amide bonds. The van der Waals surface area contributed by atoms with Crippen LogP contribution in [0, 0.1) is 0 Å². The number of furan rings is 1. The van der Waals surface area contributed by atoms with E-state index in [1.807, 2.05) is 48.5 Å². The number of halogens is 1. The number of carbonyl (C=O) groups excluding carboxylic acids is 1. The molecule has 2 aromatic carbocycles. The highest BCUT2D eigenvalue weighted by Gasteiger charge is 2.11. The van der Waals surface area contributed by atoms with Crippen molar-refractivity contribution in [2.45, 2.75) is 13.2 Å². The highest BCUT2D eigenvalue weighted by molar-refractivity contribution is 9.10. The number of methoxy groups -OCH3 is 1. The summed E-state index contributed by atoms with van der Waals surface area (Å²) in [6.45, 7) is 0.813. The minimum absolute atomic E-state index is 0.256. The summed E-state index contributed by atoms with van der Waals surface area (Å²) in [5.41, 5.74) is 1.98. The summed E-state index contributed by atoms with van der Waals surface area (Å²) in [5.74, 6) is 1.25. The molecule has 0 atom stereocenters. The van der Waals surface area contributed by atoms with Crippen molar-refractivity contribution in [3.8, 4) is 11.5 Å². The quantitative estimate of drug-likeness (QED) is 0.614. The van der Waals surface area contributed by atoms with E-state index in [1.165, 1.54) is 0 Å². The molecule has 0 saturated carbocycles. The second-order valence-electron chi connectivity index (χ2n) is 5.55. The van der Waals surface area contributed by atoms with Crippen LogP contribution in [0.5, 0.6) is 11.5 Å². The molecule has 0 bridgehead atoms. The van der Waals surface area contributed by atoms with Crippen molar-refractivity contribution < 1.29 is 18.7 Å². The van der Waals surface area contributed by atoms with Gasteiger partial charge in [0.2, 0.25) is 0 Å². The van der Waals surface area contributed by atoms with E-state index in [9.17, 15) is 4.79 Å². The Hall–Kier alpha value is -2.73. The van der Waals surface area contributed by atoms with Crippen LogP contribution in [-0.2, 0) is 13.2 Å². The Kier molecular flexibility index (Phi) is 5.96. The molecule has 1 heterocycles. The summed E-state index contributed by atoms with van der Waals surface area (Å²) < 4.78 is 17.0. The van der Waals surface area contributed by atoms with Crippen LogP contribution in [-0.4, -0.2) is 13.0 Å². The van der Waals surface area contributed by atoms with Crippen LogP contribution in [0.15, 0.2) is 69.8 Å². The molecule has 0 aliphatic carbocycles. The van der Waals surface area contributed by atoms with Crippen molar-refractivity contribution in [1.29, 1.82) is 0 Å². The lowest BCUT2D eigenvalue weighted by atomic mass is 10.2. The molecule has 0 aliphatic rings. The van der Waals surface area contributed by atoms with Gasteiger partial charge in [0.25, 0.3) is 5.91 Å². The third kappa shape index (κ3) is 4.67. The van der Waals surface area contributed by atoms with Gasteiger partial charge in [-0.1, -0.05) is 36.4 Å². The summed E-state index contributed by atoms with van der Waals surface area (Å²) in [6, 6.07) is 18.8. The first-order valence-corrected chi connectivity index (χ1v) is 8.82. The maximum absolute atomic E-state index is 12.0. The minimum atomic E-state index is -0.279. The Morgan fingerprint density at radius 3 is 2.54 bits per heavy atom. The largest absolute Gasteiger partial charge is 0.493 e. The molecule has 0 radical (unpaired) electrons. The number of amides is 1. The number of carbonyl (C=O) groups is 1. The molecule has 1 N–H and O–H groups in total. The average molecular weight is 416 g/mol. The molecule has 3 aromatic rings. The maximum Gasteiger partial charge on any atom is 0.287 e. The van der Waals surface area contributed by atoms with E-state index in [0.29, 0.717) is 29.3 Å². The second kappa shape index (κ2) is 8.58. The molecule has 0 saturated heterocycles. The van der Waals surface area contributed by atoms with Gasteiger partial charge in [0.15, 0.2) is 21.9 Å². The summed E-state index contributed by atoms with van der Waals surface area (Å²) in [4.78, 5) is 12.0. The smallest absolute Gasteiger partial charge is 0.287 e. The normalized spacial score (nSPS) is 10.4. The van der Waals surface area contributed by atoms with E-state index in [2.05, 4.69) is 21.2 Å². The highest BCUT2D eigenvalue weighted by Crippen LogP contribution is 2.29. The van der Waals surface area contributed by atoms with Gasteiger partial charge in [-0.2, -0.15) is 0 Å². The van der Waals surface area contributed by atoms with Gasteiger partial charge in [-0.3, -0.25) is 4.79 Å². The predicted octanol–water partition coefficient (Wildman–Crippen LogP) is 4.56. The first kappa shape index (κ1) is 18.1. The Labute approximate surface area is 160 Å². The zero-order valence-electron chi connectivity index (χ0n) is 14.2. The van der Waals surface area contributed by atoms with Gasteiger partial charge < -0.3 is 19.2 Å². The standard InChI is InChI=1S/C20H18BrNO4/c1-24-18-11-15(12-22-20(23)17-9-10-19(21)26-17)7-8-16(18)25-13-14-5-3-2-4-6-14/h2-11H,12-13H2,1H3,(H,22,23). The van der Waals surface area contributed by atoms with E-state index in [4.69, 9.17) is 13.9 Å². The van der Waals surface area contributed by atoms with Crippen molar-refractivity contribution in [2.24, 2.45) is 0 Å². The number of rotatable bonds is 7. The van der Waals surface area contributed by atoms with E-state index >= 15 is 0 Å². The molecular weight excluding hydrogens is 398 g/mol. The molecule has 6 heteroatoms. The van der Waals surface area contributed by atoms with Crippen molar-refractivity contribution in [2.75, 3.05) is 7.11 Å². The van der Waals surface area contributed by atoms with E-state index in [-0.39, 0.29) is 11.7 Å². The Morgan fingerprint density at radius 1 is 1.04 bits per heavy atom. The van der Waals surface area contributed by atoms with Crippen LogP contribution < -0.4 is 14.8 Å². The van der Waals surface area contributed by atoms with Gasteiger partial charge in [0.05, 0.1) is 7.11 Å². The van der Waals surface area contributed by atoms with Crippen LogP contribution in [0.2, 0.25) is 0 Å². The third-order valence-electron chi connectivity index (χ3n) is 3.72. The SMILES string of the molecule is COc1cc(CNC(=O)c2ccc(Br)o2)ccc1OCc1ccccc1. The molecule has 0 aliphatic heterocycles. The summed E-state index contributed by atoms with van der Waals surface area (Å²) in [6.07, 6.45) is 0. The lowest BCUT2D eigenvalue weighted by molar-refractivity contribution is 0.0922. The van der Waals surface area contributed by atoms with Gasteiger partial charge in [-0.05, 0) is 51.3 Å². The summed E-state index contributed by atoms with van der Waals surface area (Å²) >= 11 is 3.18. The molecule has 3 rings (SSSR count). The minimum Gasteiger partial charge on any atom is -0.493 e. The van der Waals surface area contributed by atoms with Crippen molar-refractivity contribution in [3.63, 3.8) is 0 Å². The number of nitrogens with one attached hydrogen (secondary N) is 1. The van der Waals surface area contributed by atoms with Gasteiger partial charge in [-0.25, -0.2) is 0 Å². The van der Waals surface area contributed by atoms with Crippen LogP contribution in [0.25, 0.3) is 0 Å². The summed E-state index contributed by atoms with van der Waals surface area (Å²) in [5, 5.41) is 2.81. The van der Waals surface area contributed by atoms with Crippen molar-refractivity contribution in [1.82, 2.24) is 5.32 Å². The van der Waals surface area contributed by atoms with E-state index in [0.717, 1.165) is 11.1 Å². The van der Waals surface area contributed by atoms with Crippen LogP contribution in [0.1, 0.15) is 21.7 Å². The topological polar surface area (TPSA) is 60.7 Å². The highest BCUT2D eigenvalue weighted by atomic mass is 79.9. The molecule has 0 fully saturated rings. The van der Waals surface area contributed by atoms with Crippen molar-refractivity contribution >= 4 is 21.8 Å². The lowest BCUT2D eigenvalue weighted by Crippen LogP contribution is -2.22. The number of benzene rings is 2. The molecular formula is C20H18BrNO4. The maximum atomic E-state index is 12.0. The van der Waals surface area contributed by atoms with Crippen LogP contribution in [0.3, 0.4) is 0 Å². The Morgan fingerprint density at radius 2 is 1.85 bits per heavy atom. The molecule has 134 valence electrons. The zero-order chi connectivity index (χ0) is 18.4. The lowest BCUT2D eigenvalue weighted by Gasteiger charge is -2.12. The molecule has 1 aromatic heterocycles. The first-order valence-electron chi connectivity index (χ1n) is 8.03. The molecule has 5 nitrogen and oxygen atoms in total. The van der Waals surface area contributed by atoms with E-state index < -0.39 is 0 Å². The summed E-state index contributed by atoms with van der Waals surface area (Å²) in [7, 11) is 1.59. The van der Waals surface area contributed by atoms with Gasteiger partial charge >= 0.3 is 0 Å². The fourth-order valence-electron chi connectivity index (χ4n) is 2.38. The Bertz CT molecular complexity index is 877. The fraction of sp³-hybridized carbons (Fsp3) is 0.150. The van der Waals surface area contributed by atoms with Crippen molar-refractivity contribution in [3.05, 3.63) is 82.2 Å². The first-order chi connectivity index (χ1) is 12.7. The number of hydrogen-bond acceptors (Lipinski definition) is 4. The molecule has 26 heavy (non-hydrogen) atoms. The average Bonchev–Trinajstić information content (AvgIpc) is 3.12. The molecule has 0 spiro atoms. The Balaban J connectivity index is 1.61. The van der Waals surface area contributed by atoms with Crippen LogP contribution in [0.4, 0.5) is 0 Å². The van der Waals surface area contributed by atoms with Gasteiger partial charge in [0.1, 0.15) is 6.61 Å². The van der Waals surface area contributed by atoms with Gasteiger partial charge in [0, 0.05) is 6.54 Å². The fourth-order valence-corrected chi connectivity index (χ4v) is 2.69. The third-order valence-corrected chi connectivity index (χ3v) is 4.14. The number of hydrogen-bond donors (Lipinski definition) is 1. The number of ether oxygens (including phenoxy) is 2. The van der Waals surface area contributed by atoms with E-state index in [1.54, 1.807) is 19.2 Å². The second-order valence-corrected chi connectivity index (χ2v) is 6.33.